The van der Waals surface area contributed by atoms with Crippen molar-refractivity contribution >= 4 is 0 Å². The first-order valence-electron chi connectivity index (χ1n) is 6.40. The molecule has 1 aliphatic rings. The van der Waals surface area contributed by atoms with Crippen molar-refractivity contribution in [3.05, 3.63) is 71.3 Å². The fourth-order valence-electron chi connectivity index (χ4n) is 2.78. The highest BCUT2D eigenvalue weighted by Crippen LogP contribution is 2.50. The summed E-state index contributed by atoms with van der Waals surface area (Å²) in [5, 5.41) is 0. The molecule has 1 aliphatic heterocycles. The molecular formula is C16H13F3O. The molecule has 0 amide bonds. The lowest BCUT2D eigenvalue weighted by atomic mass is 9.80. The number of benzene rings is 2. The zero-order valence-electron chi connectivity index (χ0n) is 10.7. The minimum Gasteiger partial charge on any atom is -0.356 e. The first kappa shape index (κ1) is 13.2. The van der Waals surface area contributed by atoms with Crippen LogP contribution in [0.4, 0.5) is 13.2 Å². The van der Waals surface area contributed by atoms with Gasteiger partial charge < -0.3 is 4.74 Å². The average Bonchev–Trinajstić information content (AvgIpc) is 2.46. The molecule has 0 radical (unpaired) electrons. The maximum absolute atomic E-state index is 13.8. The Bertz CT molecular complexity index is 607. The molecule has 1 heterocycles. The summed E-state index contributed by atoms with van der Waals surface area (Å²) in [6.45, 7) is 0.0609. The van der Waals surface area contributed by atoms with Gasteiger partial charge in [0, 0.05) is 5.56 Å². The number of ether oxygens (including phenoxy) is 1. The second kappa shape index (κ2) is 4.63. The van der Waals surface area contributed by atoms with Crippen LogP contribution in [0.25, 0.3) is 0 Å². The van der Waals surface area contributed by atoms with Gasteiger partial charge >= 0.3 is 6.18 Å². The summed E-state index contributed by atoms with van der Waals surface area (Å²) in [6.07, 6.45) is -4.01. The smallest absolute Gasteiger partial charge is 0.356 e. The fourth-order valence-corrected chi connectivity index (χ4v) is 2.78. The van der Waals surface area contributed by atoms with Crippen molar-refractivity contribution in [2.45, 2.75) is 18.2 Å². The van der Waals surface area contributed by atoms with E-state index in [9.17, 15) is 13.2 Å². The van der Waals surface area contributed by atoms with Gasteiger partial charge in [-0.1, -0.05) is 54.6 Å². The first-order chi connectivity index (χ1) is 9.56. The number of halogens is 3. The minimum absolute atomic E-state index is 0.0609. The summed E-state index contributed by atoms with van der Waals surface area (Å²) < 4.78 is 46.8. The maximum atomic E-state index is 13.8. The summed E-state index contributed by atoms with van der Waals surface area (Å²) in [7, 11) is 0. The summed E-state index contributed by atoms with van der Waals surface area (Å²) in [5.41, 5.74) is -1.34. The van der Waals surface area contributed by atoms with Crippen LogP contribution in [0.2, 0.25) is 0 Å². The Morgan fingerprint density at radius 1 is 0.900 bits per heavy atom. The largest absolute Gasteiger partial charge is 0.426 e. The second-order valence-electron chi connectivity index (χ2n) is 4.80. The Morgan fingerprint density at radius 2 is 1.55 bits per heavy atom. The van der Waals surface area contributed by atoms with Crippen LogP contribution >= 0.6 is 0 Å². The third-order valence-electron chi connectivity index (χ3n) is 3.67. The monoisotopic (exact) mass is 278 g/mol. The molecule has 20 heavy (non-hydrogen) atoms. The van der Waals surface area contributed by atoms with Crippen LogP contribution in [0.3, 0.4) is 0 Å². The van der Waals surface area contributed by atoms with E-state index >= 15 is 0 Å². The molecule has 0 aliphatic carbocycles. The standard InChI is InChI=1S/C16H13F3O/c17-16(18,19)15(13-7-2-1-3-8-13)14-9-5-4-6-12(14)10-11-20-15/h1-9H,10-11H2. The van der Waals surface area contributed by atoms with Crippen molar-refractivity contribution in [2.24, 2.45) is 0 Å². The summed E-state index contributed by atoms with van der Waals surface area (Å²) in [6, 6.07) is 14.5. The zero-order chi connectivity index (χ0) is 14.2. The van der Waals surface area contributed by atoms with Crippen molar-refractivity contribution in [1.29, 1.82) is 0 Å². The van der Waals surface area contributed by atoms with Gasteiger partial charge in [0.2, 0.25) is 5.60 Å². The highest BCUT2D eigenvalue weighted by molar-refractivity contribution is 5.44. The third kappa shape index (κ3) is 1.83. The van der Waals surface area contributed by atoms with Gasteiger partial charge in [0.05, 0.1) is 6.61 Å². The Hall–Kier alpha value is -1.81. The highest BCUT2D eigenvalue weighted by Gasteiger charge is 2.60. The van der Waals surface area contributed by atoms with E-state index in [0.29, 0.717) is 12.0 Å². The van der Waals surface area contributed by atoms with Gasteiger partial charge in [0.1, 0.15) is 0 Å². The van der Waals surface area contributed by atoms with Gasteiger partial charge in [-0.2, -0.15) is 13.2 Å². The van der Waals surface area contributed by atoms with E-state index in [1.807, 2.05) is 0 Å². The van der Waals surface area contributed by atoms with Crippen molar-refractivity contribution in [3.8, 4) is 0 Å². The number of hydrogen-bond acceptors (Lipinski definition) is 1. The van der Waals surface area contributed by atoms with E-state index in [4.69, 9.17) is 4.74 Å². The molecule has 0 bridgehead atoms. The predicted octanol–water partition coefficient (Wildman–Crippen LogP) is 4.07. The molecule has 0 fully saturated rings. The van der Waals surface area contributed by atoms with Gasteiger partial charge in [0.15, 0.2) is 0 Å². The molecule has 0 spiro atoms. The van der Waals surface area contributed by atoms with Crippen LogP contribution in [-0.4, -0.2) is 12.8 Å². The Balaban J connectivity index is 2.29. The van der Waals surface area contributed by atoms with E-state index in [1.54, 1.807) is 36.4 Å². The molecule has 1 atom stereocenters. The van der Waals surface area contributed by atoms with E-state index in [1.165, 1.54) is 18.2 Å². The summed E-state index contributed by atoms with van der Waals surface area (Å²) in [5.74, 6) is 0. The molecule has 0 saturated carbocycles. The SMILES string of the molecule is FC(F)(F)C1(c2ccccc2)OCCc2ccccc21. The lowest BCUT2D eigenvalue weighted by molar-refractivity contribution is -0.270. The molecule has 0 N–H and O–H groups in total. The lowest BCUT2D eigenvalue weighted by Crippen LogP contribution is -2.49. The molecule has 1 unspecified atom stereocenters. The van der Waals surface area contributed by atoms with Crippen molar-refractivity contribution in [2.75, 3.05) is 6.61 Å². The van der Waals surface area contributed by atoms with E-state index in [0.717, 1.165) is 0 Å². The maximum Gasteiger partial charge on any atom is 0.426 e. The fraction of sp³-hybridized carbons (Fsp3) is 0.250. The van der Waals surface area contributed by atoms with Crippen LogP contribution in [0.15, 0.2) is 54.6 Å². The highest BCUT2D eigenvalue weighted by atomic mass is 19.4. The van der Waals surface area contributed by atoms with Crippen LogP contribution in [0.1, 0.15) is 16.7 Å². The van der Waals surface area contributed by atoms with Crippen molar-refractivity contribution < 1.29 is 17.9 Å². The number of hydrogen-bond donors (Lipinski definition) is 0. The Labute approximate surface area is 115 Å². The van der Waals surface area contributed by atoms with Gasteiger partial charge in [0.25, 0.3) is 0 Å². The Morgan fingerprint density at radius 3 is 2.25 bits per heavy atom. The third-order valence-corrected chi connectivity index (χ3v) is 3.67. The van der Waals surface area contributed by atoms with Gasteiger partial charge in [-0.25, -0.2) is 0 Å². The van der Waals surface area contributed by atoms with E-state index in [-0.39, 0.29) is 17.7 Å². The van der Waals surface area contributed by atoms with E-state index in [2.05, 4.69) is 0 Å². The van der Waals surface area contributed by atoms with Crippen molar-refractivity contribution in [1.82, 2.24) is 0 Å². The molecule has 0 aromatic heterocycles. The van der Waals surface area contributed by atoms with Crippen LogP contribution < -0.4 is 0 Å². The molecular weight excluding hydrogens is 265 g/mol. The molecule has 4 heteroatoms. The average molecular weight is 278 g/mol. The van der Waals surface area contributed by atoms with Crippen LogP contribution in [0, 0.1) is 0 Å². The minimum atomic E-state index is -4.51. The predicted molar refractivity (Wildman–Crippen MR) is 69.4 cm³/mol. The van der Waals surface area contributed by atoms with Crippen LogP contribution in [-0.2, 0) is 16.8 Å². The van der Waals surface area contributed by atoms with Crippen LogP contribution in [0.5, 0.6) is 0 Å². The second-order valence-corrected chi connectivity index (χ2v) is 4.80. The molecule has 1 nitrogen and oxygen atoms in total. The topological polar surface area (TPSA) is 9.23 Å². The molecule has 2 aromatic rings. The van der Waals surface area contributed by atoms with Gasteiger partial charge in [-0.3, -0.25) is 0 Å². The van der Waals surface area contributed by atoms with Gasteiger partial charge in [-0.15, -0.1) is 0 Å². The quantitative estimate of drug-likeness (QED) is 0.764. The summed E-state index contributed by atoms with van der Waals surface area (Å²) >= 11 is 0. The number of fused-ring (bicyclic) bond motifs is 1. The van der Waals surface area contributed by atoms with E-state index < -0.39 is 11.8 Å². The number of alkyl halides is 3. The molecule has 2 aromatic carbocycles. The normalized spacial score (nSPS) is 22.4. The van der Waals surface area contributed by atoms with Crippen molar-refractivity contribution in [3.63, 3.8) is 0 Å². The zero-order valence-corrected chi connectivity index (χ0v) is 10.7. The molecule has 0 saturated heterocycles. The Kier molecular flexibility index (Phi) is 3.05. The first-order valence-corrected chi connectivity index (χ1v) is 6.40. The number of rotatable bonds is 1. The molecule has 3 rings (SSSR count). The molecule has 104 valence electrons. The summed E-state index contributed by atoms with van der Waals surface area (Å²) in [4.78, 5) is 0. The lowest BCUT2D eigenvalue weighted by Gasteiger charge is -2.40. The van der Waals surface area contributed by atoms with Gasteiger partial charge in [-0.05, 0) is 17.5 Å².